The van der Waals surface area contributed by atoms with Gasteiger partial charge in [-0.1, -0.05) is 18.2 Å². The first-order valence-corrected chi connectivity index (χ1v) is 22.8. The SMILES string of the molecule is COc1cc([C@@H](O)[C@H](CO)Oc2ccc(C(O)[C@@H](CO)Oc3c(OC)cc([C@@H]4OC[C@@H]5[C@H]4CO[C@H]5c4cc(OC)c(O[C@H](CO)[C@@H](O)c5ccc(O)c(OC)c5)c(OC)c4)cc3OC)cc2OC)ccc1O. The maximum Gasteiger partial charge on any atom is 0.204 e. The van der Waals surface area contributed by atoms with Crippen LogP contribution in [0.3, 0.4) is 0 Å². The Morgan fingerprint density at radius 1 is 0.417 bits per heavy atom. The molecule has 5 aromatic rings. The molecule has 0 radical (unpaired) electrons. The van der Waals surface area contributed by atoms with E-state index >= 15 is 0 Å². The molecule has 20 heteroatoms. The smallest absolute Gasteiger partial charge is 0.204 e. The number of fused-ring (bicyclic) bond motifs is 1. The van der Waals surface area contributed by atoms with Crippen molar-refractivity contribution in [3.05, 3.63) is 107 Å². The third kappa shape index (κ3) is 10.9. The van der Waals surface area contributed by atoms with Crippen molar-refractivity contribution in [3.63, 3.8) is 0 Å². The van der Waals surface area contributed by atoms with E-state index in [0.717, 1.165) is 0 Å². The zero-order chi connectivity index (χ0) is 51.8. The number of methoxy groups -OCH3 is 7. The molecule has 0 spiro atoms. The normalized spacial score (nSPS) is 19.7. The number of benzene rings is 5. The van der Waals surface area contributed by atoms with Crippen molar-refractivity contribution in [1.29, 1.82) is 0 Å². The van der Waals surface area contributed by atoms with E-state index in [1.54, 1.807) is 24.3 Å². The number of aliphatic hydroxyl groups excluding tert-OH is 6. The molecule has 0 bridgehead atoms. The molecule has 72 heavy (non-hydrogen) atoms. The predicted octanol–water partition coefficient (Wildman–Crippen LogP) is 4.65. The van der Waals surface area contributed by atoms with Gasteiger partial charge in [0.2, 0.25) is 11.5 Å². The van der Waals surface area contributed by atoms with Gasteiger partial charge in [-0.05, 0) is 88.5 Å². The number of phenolic OH excluding ortho intramolecular Hbond substituents is 2. The van der Waals surface area contributed by atoms with Crippen LogP contribution in [0.4, 0.5) is 0 Å². The highest BCUT2D eigenvalue weighted by atomic mass is 16.6. The molecule has 0 aromatic heterocycles. The molecule has 0 aliphatic carbocycles. The number of aliphatic hydroxyl groups is 6. The number of phenols is 2. The zero-order valence-electron chi connectivity index (χ0n) is 40.8. The van der Waals surface area contributed by atoms with Crippen LogP contribution in [-0.2, 0) is 9.47 Å². The molecule has 2 saturated heterocycles. The molecule has 5 aromatic carbocycles. The molecule has 1 unspecified atom stereocenters. The molecular formula is C52H62O20. The van der Waals surface area contributed by atoms with Crippen LogP contribution in [0.25, 0.3) is 0 Å². The van der Waals surface area contributed by atoms with Crippen molar-refractivity contribution in [2.45, 2.75) is 48.8 Å². The molecule has 2 fully saturated rings. The third-order valence-corrected chi connectivity index (χ3v) is 12.9. The summed E-state index contributed by atoms with van der Waals surface area (Å²) in [5.74, 6) is 1.28. The number of rotatable bonds is 24. The maximum absolute atomic E-state index is 11.6. The van der Waals surface area contributed by atoms with Crippen molar-refractivity contribution in [2.75, 3.05) is 82.8 Å². The number of hydrogen-bond acceptors (Lipinski definition) is 20. The van der Waals surface area contributed by atoms with Gasteiger partial charge in [0.05, 0.1) is 95.0 Å². The van der Waals surface area contributed by atoms with E-state index in [2.05, 4.69) is 0 Å². The summed E-state index contributed by atoms with van der Waals surface area (Å²) in [6, 6.07) is 20.0. The predicted molar refractivity (Wildman–Crippen MR) is 255 cm³/mol. The summed E-state index contributed by atoms with van der Waals surface area (Å²) < 4.78 is 70.3. The van der Waals surface area contributed by atoms with Gasteiger partial charge in [-0.3, -0.25) is 0 Å². The van der Waals surface area contributed by atoms with Gasteiger partial charge in [0.1, 0.15) is 18.3 Å². The van der Waals surface area contributed by atoms with Crippen molar-refractivity contribution >= 4 is 0 Å². The molecule has 390 valence electrons. The van der Waals surface area contributed by atoms with Gasteiger partial charge >= 0.3 is 0 Å². The molecule has 2 heterocycles. The lowest BCUT2D eigenvalue weighted by atomic mass is 9.84. The van der Waals surface area contributed by atoms with E-state index in [1.807, 2.05) is 0 Å². The minimum absolute atomic E-state index is 0.106. The zero-order valence-corrected chi connectivity index (χ0v) is 40.8. The average Bonchev–Trinajstić information content (AvgIpc) is 4.03. The number of hydrogen-bond donors (Lipinski definition) is 8. The minimum atomic E-state index is -1.43. The molecule has 10 atom stereocenters. The average molecular weight is 1010 g/mol. The van der Waals surface area contributed by atoms with E-state index in [-0.39, 0.29) is 86.4 Å². The first-order valence-electron chi connectivity index (χ1n) is 22.8. The summed E-state index contributed by atoms with van der Waals surface area (Å²) in [5, 5.41) is 85.0. The van der Waals surface area contributed by atoms with Gasteiger partial charge < -0.3 is 97.7 Å². The Morgan fingerprint density at radius 3 is 1.07 bits per heavy atom. The van der Waals surface area contributed by atoms with Crippen LogP contribution in [0.1, 0.15) is 58.3 Å². The topological polar surface area (TPSA) is 273 Å². The highest BCUT2D eigenvalue weighted by molar-refractivity contribution is 5.57. The number of ether oxygens (including phenoxy) is 12. The Hall–Kier alpha value is -6.62. The Kier molecular flexibility index (Phi) is 17.5. The molecule has 8 N–H and O–H groups in total. The summed E-state index contributed by atoms with van der Waals surface area (Å²) >= 11 is 0. The highest BCUT2D eigenvalue weighted by Gasteiger charge is 2.49. The first-order chi connectivity index (χ1) is 34.8. The molecule has 2 aliphatic rings. The monoisotopic (exact) mass is 1010 g/mol. The van der Waals surface area contributed by atoms with Crippen molar-refractivity contribution < 1.29 is 97.7 Å². The Bertz CT molecular complexity index is 2560. The summed E-state index contributed by atoms with van der Waals surface area (Å²) in [4.78, 5) is 0. The Balaban J connectivity index is 1.06. The van der Waals surface area contributed by atoms with Crippen molar-refractivity contribution in [1.82, 2.24) is 0 Å². The van der Waals surface area contributed by atoms with E-state index in [4.69, 9.17) is 56.8 Å². The van der Waals surface area contributed by atoms with Gasteiger partial charge in [-0.25, -0.2) is 0 Å². The second kappa shape index (κ2) is 23.7. The second-order valence-electron chi connectivity index (χ2n) is 17.0. The van der Waals surface area contributed by atoms with Crippen LogP contribution in [-0.4, -0.2) is 142 Å². The quantitative estimate of drug-likeness (QED) is 0.0418. The largest absolute Gasteiger partial charge is 0.504 e. The second-order valence-corrected chi connectivity index (χ2v) is 17.0. The van der Waals surface area contributed by atoms with E-state index < -0.39 is 68.7 Å². The van der Waals surface area contributed by atoms with Gasteiger partial charge in [0, 0.05) is 11.8 Å². The Labute approximate surface area is 415 Å². The molecule has 7 rings (SSSR count). The Morgan fingerprint density at radius 2 is 0.736 bits per heavy atom. The first kappa shape index (κ1) is 53.2. The fourth-order valence-electron chi connectivity index (χ4n) is 9.03. The fraction of sp³-hybridized carbons (Fsp3) is 0.423. The van der Waals surface area contributed by atoms with Gasteiger partial charge in [-0.2, -0.15) is 0 Å². The van der Waals surface area contributed by atoms with Crippen molar-refractivity contribution in [2.24, 2.45) is 11.8 Å². The molecule has 20 nitrogen and oxygen atoms in total. The van der Waals surface area contributed by atoms with Crippen LogP contribution in [0.15, 0.2) is 78.9 Å². The van der Waals surface area contributed by atoms with Crippen LogP contribution in [0, 0.1) is 11.8 Å². The van der Waals surface area contributed by atoms with Gasteiger partial charge in [0.25, 0.3) is 0 Å². The minimum Gasteiger partial charge on any atom is -0.504 e. The van der Waals surface area contributed by atoms with Gasteiger partial charge in [0.15, 0.2) is 75.8 Å². The third-order valence-electron chi connectivity index (χ3n) is 12.9. The van der Waals surface area contributed by atoms with Crippen LogP contribution < -0.4 is 47.4 Å². The lowest BCUT2D eigenvalue weighted by Gasteiger charge is -2.27. The lowest BCUT2D eigenvalue weighted by molar-refractivity contribution is -0.00349. The molecular weight excluding hydrogens is 945 g/mol. The fourth-order valence-corrected chi connectivity index (χ4v) is 9.03. The van der Waals surface area contributed by atoms with Crippen molar-refractivity contribution in [3.8, 4) is 69.0 Å². The summed E-state index contributed by atoms with van der Waals surface area (Å²) in [6.07, 6.45) is -8.63. The number of aromatic hydroxyl groups is 2. The highest BCUT2D eigenvalue weighted by Crippen LogP contribution is 2.54. The molecule has 0 amide bonds. The van der Waals surface area contributed by atoms with E-state index in [1.165, 1.54) is 104 Å². The maximum atomic E-state index is 11.6. The van der Waals surface area contributed by atoms with E-state index in [9.17, 15) is 40.9 Å². The van der Waals surface area contributed by atoms with Crippen LogP contribution in [0.2, 0.25) is 0 Å². The summed E-state index contributed by atoms with van der Waals surface area (Å²) in [5.41, 5.74) is 2.33. The lowest BCUT2D eigenvalue weighted by Crippen LogP contribution is -2.30. The van der Waals surface area contributed by atoms with Crippen LogP contribution in [0.5, 0.6) is 69.0 Å². The molecule has 0 saturated carbocycles. The molecule has 2 aliphatic heterocycles. The van der Waals surface area contributed by atoms with Gasteiger partial charge in [-0.15, -0.1) is 0 Å². The summed E-state index contributed by atoms with van der Waals surface area (Å²) in [6.45, 7) is -1.17. The van der Waals surface area contributed by atoms with Crippen LogP contribution >= 0.6 is 0 Å². The summed E-state index contributed by atoms with van der Waals surface area (Å²) in [7, 11) is 9.94. The standard InChI is InChI=1S/C52H62O20/c1-61-36-14-26(8-11-33(36)56)46(58)43(21-53)70-35-13-10-28(16-38(35)63-3)48(60)45(23-55)72-52-41(66-6)19-30(20-42(52)67-7)50-32-25-68-49(31(32)24-69-50)29-17-39(64-4)51(40(18-29)65-5)71-44(22-54)47(59)27-9-12-34(57)37(15-27)62-2/h8-20,31-32,43-50,53-60H,21-25H2,1-7H3/t31-,32-,43+,44-,45-,46-,47+,48?,49+,50+/m1/s1. The van der Waals surface area contributed by atoms with E-state index in [0.29, 0.717) is 35.5 Å².